The first-order chi connectivity index (χ1) is 14.5. The fraction of sp³-hybridized carbons (Fsp3) is 0.0833. The highest BCUT2D eigenvalue weighted by Gasteiger charge is 2.15. The zero-order valence-corrected chi connectivity index (χ0v) is 16.5. The van der Waals surface area contributed by atoms with Gasteiger partial charge < -0.3 is 22.9 Å². The quantitative estimate of drug-likeness (QED) is 0.381. The van der Waals surface area contributed by atoms with Crippen LogP contribution in [0.5, 0.6) is 0 Å². The van der Waals surface area contributed by atoms with Gasteiger partial charge in [0, 0.05) is 35.5 Å². The van der Waals surface area contributed by atoms with Gasteiger partial charge in [0.1, 0.15) is 11.6 Å². The molecule has 0 aliphatic heterocycles. The van der Waals surface area contributed by atoms with Crippen LogP contribution in [-0.2, 0) is 12.8 Å². The van der Waals surface area contributed by atoms with Gasteiger partial charge in [0.2, 0.25) is 0 Å². The van der Waals surface area contributed by atoms with E-state index in [-0.39, 0.29) is 0 Å². The van der Waals surface area contributed by atoms with E-state index >= 15 is 0 Å². The molecule has 0 fully saturated rings. The molecule has 4 rings (SSSR count). The van der Waals surface area contributed by atoms with Crippen molar-refractivity contribution in [3.63, 3.8) is 0 Å². The summed E-state index contributed by atoms with van der Waals surface area (Å²) in [6.45, 7) is 0. The van der Waals surface area contributed by atoms with Crippen molar-refractivity contribution < 1.29 is 0 Å². The third-order valence-corrected chi connectivity index (χ3v) is 4.95. The molecule has 0 spiro atoms. The van der Waals surface area contributed by atoms with E-state index < -0.39 is 0 Å². The van der Waals surface area contributed by atoms with Crippen molar-refractivity contribution in [3.05, 3.63) is 95.4 Å². The van der Waals surface area contributed by atoms with E-state index in [1.807, 2.05) is 72.8 Å². The van der Waals surface area contributed by atoms with Gasteiger partial charge in [-0.3, -0.25) is 0 Å². The molecular formula is C24H24N6. The number of nitrogen functional groups attached to an aromatic ring is 4. The topological polar surface area (TPSA) is 130 Å². The number of nitrogens with two attached hydrogens (primary N) is 4. The summed E-state index contributed by atoms with van der Waals surface area (Å²) in [5.41, 5.74) is 30.8. The molecule has 4 aromatic rings. The molecule has 0 radical (unpaired) electrons. The molecule has 0 aliphatic rings. The summed E-state index contributed by atoms with van der Waals surface area (Å²) in [4.78, 5) is 9.47. The first kappa shape index (κ1) is 19.3. The maximum atomic E-state index is 6.43. The van der Waals surface area contributed by atoms with Crippen LogP contribution in [0.3, 0.4) is 0 Å². The fourth-order valence-electron chi connectivity index (χ4n) is 3.40. The molecule has 8 N–H and O–H groups in total. The second-order valence-electron chi connectivity index (χ2n) is 7.31. The van der Waals surface area contributed by atoms with Crippen LogP contribution in [0.2, 0.25) is 0 Å². The normalized spacial score (nSPS) is 10.8. The van der Waals surface area contributed by atoms with Crippen LogP contribution in [0.25, 0.3) is 11.1 Å². The standard InChI is InChI=1S/C24H24N6/c25-18-7-1-15(2-8-18)13-21-23(17-5-11-20(27)12-6-17)24(28)30-22(29-21)14-16-3-9-19(26)10-4-16/h1-12H,13-14,25-27H2,(H2,28,29,30). The molecule has 30 heavy (non-hydrogen) atoms. The lowest BCUT2D eigenvalue weighted by molar-refractivity contribution is 0.926. The molecule has 0 aliphatic carbocycles. The minimum Gasteiger partial charge on any atom is -0.399 e. The lowest BCUT2D eigenvalue weighted by Crippen LogP contribution is -2.08. The van der Waals surface area contributed by atoms with Gasteiger partial charge in [0.15, 0.2) is 0 Å². The van der Waals surface area contributed by atoms with Gasteiger partial charge in [-0.25, -0.2) is 9.97 Å². The van der Waals surface area contributed by atoms with Gasteiger partial charge in [0.25, 0.3) is 0 Å². The number of hydrogen-bond acceptors (Lipinski definition) is 6. The Morgan fingerprint density at radius 2 is 1.00 bits per heavy atom. The molecular weight excluding hydrogens is 372 g/mol. The summed E-state index contributed by atoms with van der Waals surface area (Å²) < 4.78 is 0. The van der Waals surface area contributed by atoms with Gasteiger partial charge in [-0.2, -0.15) is 0 Å². The van der Waals surface area contributed by atoms with E-state index in [0.29, 0.717) is 30.2 Å². The highest BCUT2D eigenvalue weighted by atomic mass is 15.0. The van der Waals surface area contributed by atoms with Crippen molar-refractivity contribution in [2.45, 2.75) is 12.8 Å². The molecule has 0 saturated heterocycles. The Kier molecular flexibility index (Phi) is 5.22. The number of hydrogen-bond donors (Lipinski definition) is 4. The van der Waals surface area contributed by atoms with Crippen LogP contribution in [0, 0.1) is 0 Å². The first-order valence-corrected chi connectivity index (χ1v) is 9.68. The summed E-state index contributed by atoms with van der Waals surface area (Å²) in [5, 5.41) is 0. The van der Waals surface area contributed by atoms with Crippen LogP contribution < -0.4 is 22.9 Å². The molecule has 150 valence electrons. The maximum absolute atomic E-state index is 6.43. The Labute approximate surface area is 175 Å². The highest BCUT2D eigenvalue weighted by Crippen LogP contribution is 2.30. The van der Waals surface area contributed by atoms with Crippen LogP contribution in [0.15, 0.2) is 72.8 Å². The average molecular weight is 396 g/mol. The number of aromatic nitrogens is 2. The number of rotatable bonds is 5. The lowest BCUT2D eigenvalue weighted by atomic mass is 9.99. The summed E-state index contributed by atoms with van der Waals surface area (Å²) >= 11 is 0. The Morgan fingerprint density at radius 3 is 1.53 bits per heavy atom. The third kappa shape index (κ3) is 4.33. The van der Waals surface area contributed by atoms with Crippen LogP contribution in [0.1, 0.15) is 22.6 Å². The van der Waals surface area contributed by atoms with Crippen molar-refractivity contribution in [1.82, 2.24) is 9.97 Å². The molecule has 1 aromatic heterocycles. The molecule has 1 heterocycles. The molecule has 0 bridgehead atoms. The molecule has 3 aromatic carbocycles. The molecule has 6 heteroatoms. The SMILES string of the molecule is Nc1ccc(Cc2nc(N)c(-c3ccc(N)cc3)c(Cc3ccc(N)cc3)n2)cc1. The van der Waals surface area contributed by atoms with Crippen LogP contribution >= 0.6 is 0 Å². The lowest BCUT2D eigenvalue weighted by Gasteiger charge is -2.14. The maximum Gasteiger partial charge on any atom is 0.135 e. The van der Waals surface area contributed by atoms with Crippen molar-refractivity contribution in [2.75, 3.05) is 22.9 Å². The number of benzene rings is 3. The summed E-state index contributed by atoms with van der Waals surface area (Å²) in [6.07, 6.45) is 1.18. The predicted molar refractivity (Wildman–Crippen MR) is 124 cm³/mol. The summed E-state index contributed by atoms with van der Waals surface area (Å²) in [5.74, 6) is 1.12. The van der Waals surface area contributed by atoms with E-state index in [1.165, 1.54) is 0 Å². The van der Waals surface area contributed by atoms with Gasteiger partial charge in [0.05, 0.1) is 5.69 Å². The van der Waals surface area contributed by atoms with E-state index in [2.05, 4.69) is 4.98 Å². The predicted octanol–water partition coefficient (Wildman–Crippen LogP) is 3.65. The highest BCUT2D eigenvalue weighted by molar-refractivity contribution is 5.77. The molecule has 0 atom stereocenters. The average Bonchev–Trinajstić information content (AvgIpc) is 2.72. The van der Waals surface area contributed by atoms with Gasteiger partial charge in [-0.1, -0.05) is 36.4 Å². The largest absolute Gasteiger partial charge is 0.399 e. The van der Waals surface area contributed by atoms with Crippen molar-refractivity contribution in [1.29, 1.82) is 0 Å². The van der Waals surface area contributed by atoms with Gasteiger partial charge in [-0.05, 0) is 53.1 Å². The van der Waals surface area contributed by atoms with Crippen molar-refractivity contribution in [2.24, 2.45) is 0 Å². The zero-order chi connectivity index (χ0) is 21.1. The minimum atomic E-state index is 0.450. The number of anilines is 4. The Balaban J connectivity index is 1.76. The van der Waals surface area contributed by atoms with E-state index in [4.69, 9.17) is 27.9 Å². The molecule has 6 nitrogen and oxygen atoms in total. The minimum absolute atomic E-state index is 0.450. The zero-order valence-electron chi connectivity index (χ0n) is 16.5. The summed E-state index contributed by atoms with van der Waals surface area (Å²) in [7, 11) is 0. The fourth-order valence-corrected chi connectivity index (χ4v) is 3.40. The van der Waals surface area contributed by atoms with Gasteiger partial charge >= 0.3 is 0 Å². The smallest absolute Gasteiger partial charge is 0.135 e. The van der Waals surface area contributed by atoms with Crippen LogP contribution in [-0.4, -0.2) is 9.97 Å². The second kappa shape index (κ2) is 8.13. The Hall–Kier alpha value is -4.06. The molecule has 0 unspecified atom stereocenters. The van der Waals surface area contributed by atoms with Crippen molar-refractivity contribution >= 4 is 22.9 Å². The van der Waals surface area contributed by atoms with Crippen molar-refractivity contribution in [3.8, 4) is 11.1 Å². The first-order valence-electron chi connectivity index (χ1n) is 9.68. The number of nitrogens with zero attached hydrogens (tertiary/aromatic N) is 2. The third-order valence-electron chi connectivity index (χ3n) is 4.95. The Morgan fingerprint density at radius 1 is 0.533 bits per heavy atom. The Bertz CT molecular complexity index is 1150. The monoisotopic (exact) mass is 396 g/mol. The van der Waals surface area contributed by atoms with E-state index in [1.54, 1.807) is 0 Å². The summed E-state index contributed by atoms with van der Waals surface area (Å²) in [6, 6.07) is 23.1. The van der Waals surface area contributed by atoms with Gasteiger partial charge in [-0.15, -0.1) is 0 Å². The molecule has 0 saturated carbocycles. The van der Waals surface area contributed by atoms with E-state index in [0.717, 1.165) is 39.3 Å². The van der Waals surface area contributed by atoms with E-state index in [9.17, 15) is 0 Å². The molecule has 0 amide bonds. The van der Waals surface area contributed by atoms with Crippen LogP contribution in [0.4, 0.5) is 22.9 Å². The second-order valence-corrected chi connectivity index (χ2v) is 7.31.